The molecule has 2 N–H and O–H groups in total. The van der Waals surface area contributed by atoms with Crippen LogP contribution in [0.4, 0.5) is 0 Å². The summed E-state index contributed by atoms with van der Waals surface area (Å²) < 4.78 is 4.45. The second-order valence-electron chi connectivity index (χ2n) is 5.43. The normalized spacial score (nSPS) is 23.6. The molecule has 0 saturated carbocycles. The number of allylic oxidation sites excluding steroid dienone is 4. The molecule has 2 nitrogen and oxygen atoms in total. The van der Waals surface area contributed by atoms with E-state index in [0.717, 1.165) is 17.8 Å². The van der Waals surface area contributed by atoms with Crippen molar-refractivity contribution in [1.29, 1.82) is 0 Å². The SMILES string of the molecule is CCCC(C)(C)C1=CC=C(C)C(C)C1=NSN. The van der Waals surface area contributed by atoms with E-state index >= 15 is 0 Å². The van der Waals surface area contributed by atoms with Crippen molar-refractivity contribution in [2.75, 3.05) is 0 Å². The fourth-order valence-electron chi connectivity index (χ4n) is 2.41. The number of hydrogen-bond acceptors (Lipinski definition) is 3. The molecule has 0 radical (unpaired) electrons. The number of hydrogen-bond donors (Lipinski definition) is 1. The lowest BCUT2D eigenvalue weighted by atomic mass is 9.72. The summed E-state index contributed by atoms with van der Waals surface area (Å²) in [6.07, 6.45) is 6.80. The third kappa shape index (κ3) is 3.23. The predicted octanol–water partition coefficient (Wildman–Crippen LogP) is 4.30. The molecule has 1 rings (SSSR count). The van der Waals surface area contributed by atoms with Crippen molar-refractivity contribution in [3.8, 4) is 0 Å². The molecule has 0 saturated heterocycles. The minimum atomic E-state index is 0.175. The molecule has 17 heavy (non-hydrogen) atoms. The highest BCUT2D eigenvalue weighted by molar-refractivity contribution is 7.95. The van der Waals surface area contributed by atoms with Gasteiger partial charge in [0.05, 0.1) is 17.8 Å². The number of nitrogens with zero attached hydrogens (tertiary/aromatic N) is 1. The average molecular weight is 252 g/mol. The molecular formula is C14H24N2S. The first kappa shape index (κ1) is 14.5. The van der Waals surface area contributed by atoms with Crippen molar-refractivity contribution >= 4 is 17.8 Å². The van der Waals surface area contributed by atoms with E-state index in [9.17, 15) is 0 Å². The van der Waals surface area contributed by atoms with Gasteiger partial charge in [0, 0.05) is 5.92 Å². The Hall–Kier alpha value is -0.540. The molecular weight excluding hydrogens is 228 g/mol. The van der Waals surface area contributed by atoms with Crippen LogP contribution in [0.15, 0.2) is 27.7 Å². The summed E-state index contributed by atoms with van der Waals surface area (Å²) in [5.41, 5.74) is 4.02. The largest absolute Gasteiger partial charge is 0.258 e. The van der Waals surface area contributed by atoms with Crippen LogP contribution in [-0.4, -0.2) is 5.71 Å². The van der Waals surface area contributed by atoms with E-state index in [1.807, 2.05) is 0 Å². The van der Waals surface area contributed by atoms with E-state index in [4.69, 9.17) is 5.14 Å². The van der Waals surface area contributed by atoms with E-state index in [1.165, 1.54) is 24.0 Å². The molecule has 0 bridgehead atoms. The molecule has 0 fully saturated rings. The van der Waals surface area contributed by atoms with Gasteiger partial charge in [-0.05, 0) is 24.3 Å². The van der Waals surface area contributed by atoms with Crippen molar-refractivity contribution < 1.29 is 0 Å². The van der Waals surface area contributed by atoms with Crippen LogP contribution in [0.5, 0.6) is 0 Å². The molecule has 0 aromatic carbocycles. The van der Waals surface area contributed by atoms with Gasteiger partial charge in [-0.1, -0.05) is 51.8 Å². The first-order valence-electron chi connectivity index (χ1n) is 6.27. The van der Waals surface area contributed by atoms with Crippen LogP contribution in [0, 0.1) is 11.3 Å². The summed E-state index contributed by atoms with van der Waals surface area (Å²) in [4.78, 5) is 0. The molecule has 0 aromatic rings. The standard InChI is InChI=1S/C14H24N2S/c1-6-9-14(4,5)12-8-7-10(2)11(3)13(12)16-17-15/h7-8,11H,6,9,15H2,1-5H3. The topological polar surface area (TPSA) is 38.4 Å². The van der Waals surface area contributed by atoms with E-state index < -0.39 is 0 Å². The molecule has 0 aliphatic heterocycles. The van der Waals surface area contributed by atoms with E-state index in [0.29, 0.717) is 5.92 Å². The van der Waals surface area contributed by atoms with Crippen molar-refractivity contribution in [1.82, 2.24) is 0 Å². The lowest BCUT2D eigenvalue weighted by molar-refractivity contribution is 0.414. The smallest absolute Gasteiger partial charge is 0.0607 e. The van der Waals surface area contributed by atoms with Crippen LogP contribution >= 0.6 is 12.1 Å². The van der Waals surface area contributed by atoms with Crippen LogP contribution in [0.25, 0.3) is 0 Å². The second-order valence-corrected chi connectivity index (χ2v) is 5.82. The zero-order chi connectivity index (χ0) is 13.1. The average Bonchev–Trinajstić information content (AvgIpc) is 2.24. The minimum Gasteiger partial charge on any atom is -0.258 e. The highest BCUT2D eigenvalue weighted by Gasteiger charge is 2.30. The summed E-state index contributed by atoms with van der Waals surface area (Å²) in [5.74, 6) is 0.377. The Morgan fingerprint density at radius 2 is 2.06 bits per heavy atom. The van der Waals surface area contributed by atoms with Crippen molar-refractivity contribution in [2.45, 2.75) is 47.5 Å². The maximum atomic E-state index is 5.53. The molecule has 1 aliphatic rings. The summed E-state index contributed by atoms with van der Waals surface area (Å²) in [6.45, 7) is 11.2. The van der Waals surface area contributed by atoms with E-state index in [2.05, 4.69) is 51.2 Å². The Balaban J connectivity index is 3.15. The fraction of sp³-hybridized carbons (Fsp3) is 0.643. The Labute approximate surface area is 110 Å². The summed E-state index contributed by atoms with van der Waals surface area (Å²) in [6, 6.07) is 0. The van der Waals surface area contributed by atoms with Crippen molar-refractivity contribution in [3.05, 3.63) is 23.3 Å². The lowest BCUT2D eigenvalue weighted by Crippen LogP contribution is -2.28. The monoisotopic (exact) mass is 252 g/mol. The molecule has 0 heterocycles. The predicted molar refractivity (Wildman–Crippen MR) is 78.9 cm³/mol. The number of rotatable bonds is 4. The van der Waals surface area contributed by atoms with E-state index in [-0.39, 0.29) is 5.41 Å². The summed E-state index contributed by atoms with van der Waals surface area (Å²) in [5, 5.41) is 5.53. The molecule has 0 aromatic heterocycles. The van der Waals surface area contributed by atoms with Gasteiger partial charge in [0.25, 0.3) is 0 Å². The molecule has 1 aliphatic carbocycles. The van der Waals surface area contributed by atoms with E-state index in [1.54, 1.807) is 0 Å². The molecule has 96 valence electrons. The van der Waals surface area contributed by atoms with Crippen LogP contribution in [0.3, 0.4) is 0 Å². The molecule has 1 unspecified atom stereocenters. The first-order chi connectivity index (χ1) is 7.94. The Kier molecular flexibility index (Phi) is 5.02. The molecule has 3 heteroatoms. The van der Waals surface area contributed by atoms with Crippen LogP contribution < -0.4 is 5.14 Å². The zero-order valence-electron chi connectivity index (χ0n) is 11.6. The third-order valence-electron chi connectivity index (χ3n) is 3.64. The Morgan fingerprint density at radius 1 is 1.41 bits per heavy atom. The quantitative estimate of drug-likeness (QED) is 0.758. The van der Waals surface area contributed by atoms with Gasteiger partial charge in [0.2, 0.25) is 0 Å². The van der Waals surface area contributed by atoms with Gasteiger partial charge in [0.1, 0.15) is 0 Å². The molecule has 1 atom stereocenters. The first-order valence-corrected chi connectivity index (χ1v) is 7.10. The number of nitrogens with two attached hydrogens (primary N) is 1. The van der Waals surface area contributed by atoms with Gasteiger partial charge in [-0.3, -0.25) is 5.14 Å². The maximum Gasteiger partial charge on any atom is 0.0607 e. The highest BCUT2D eigenvalue weighted by Crippen LogP contribution is 2.38. The Bertz CT molecular complexity index is 364. The molecule has 0 spiro atoms. The fourth-order valence-corrected chi connectivity index (χ4v) is 2.78. The maximum absolute atomic E-state index is 5.53. The van der Waals surface area contributed by atoms with Gasteiger partial charge in [0.15, 0.2) is 0 Å². The van der Waals surface area contributed by atoms with Gasteiger partial charge >= 0.3 is 0 Å². The highest BCUT2D eigenvalue weighted by atomic mass is 32.2. The van der Waals surface area contributed by atoms with Crippen molar-refractivity contribution in [3.63, 3.8) is 0 Å². The summed E-state index contributed by atoms with van der Waals surface area (Å²) in [7, 11) is 0. The van der Waals surface area contributed by atoms with Crippen LogP contribution in [0.1, 0.15) is 47.5 Å². The van der Waals surface area contributed by atoms with Gasteiger partial charge in [-0.2, -0.15) is 0 Å². The summed E-state index contributed by atoms with van der Waals surface area (Å²) >= 11 is 1.07. The van der Waals surface area contributed by atoms with Gasteiger partial charge in [-0.15, -0.1) is 0 Å². The van der Waals surface area contributed by atoms with Gasteiger partial charge in [-0.25, -0.2) is 4.40 Å². The Morgan fingerprint density at radius 3 is 2.59 bits per heavy atom. The second kappa shape index (κ2) is 5.87. The van der Waals surface area contributed by atoms with Gasteiger partial charge < -0.3 is 0 Å². The molecule has 0 amide bonds. The third-order valence-corrected chi connectivity index (χ3v) is 3.94. The lowest BCUT2D eigenvalue weighted by Gasteiger charge is -2.33. The van der Waals surface area contributed by atoms with Crippen LogP contribution in [-0.2, 0) is 0 Å². The van der Waals surface area contributed by atoms with Crippen LogP contribution in [0.2, 0.25) is 0 Å². The zero-order valence-corrected chi connectivity index (χ0v) is 12.4. The minimum absolute atomic E-state index is 0.175. The van der Waals surface area contributed by atoms with Crippen molar-refractivity contribution in [2.24, 2.45) is 20.9 Å².